The van der Waals surface area contributed by atoms with Crippen LogP contribution in [0.1, 0.15) is 24.1 Å². The second-order valence-electron chi connectivity index (χ2n) is 4.62. The molecular formula is C16H18FNO2. The molecule has 0 heterocycles. The van der Waals surface area contributed by atoms with Gasteiger partial charge in [0.15, 0.2) is 11.6 Å². The van der Waals surface area contributed by atoms with Gasteiger partial charge in [0.05, 0.1) is 7.11 Å². The SMILES string of the molecule is COc1ccc(COc2ccc([C@@H](C)N)cc2)cc1F. The predicted octanol–water partition coefficient (Wildman–Crippen LogP) is 3.43. The molecule has 0 fully saturated rings. The maximum atomic E-state index is 13.5. The van der Waals surface area contributed by atoms with Gasteiger partial charge in [-0.25, -0.2) is 4.39 Å². The van der Waals surface area contributed by atoms with Crippen molar-refractivity contribution in [3.63, 3.8) is 0 Å². The minimum absolute atomic E-state index is 0.000246. The summed E-state index contributed by atoms with van der Waals surface area (Å²) < 4.78 is 24.0. The second kappa shape index (κ2) is 6.39. The van der Waals surface area contributed by atoms with Crippen molar-refractivity contribution in [3.05, 3.63) is 59.4 Å². The number of nitrogens with two attached hydrogens (primary N) is 1. The van der Waals surface area contributed by atoms with Crippen molar-refractivity contribution in [1.82, 2.24) is 0 Å². The third-order valence-electron chi connectivity index (χ3n) is 3.03. The van der Waals surface area contributed by atoms with Gasteiger partial charge in [0.2, 0.25) is 0 Å². The van der Waals surface area contributed by atoms with Gasteiger partial charge in [0, 0.05) is 6.04 Å². The topological polar surface area (TPSA) is 44.5 Å². The van der Waals surface area contributed by atoms with Crippen LogP contribution in [0.15, 0.2) is 42.5 Å². The summed E-state index contributed by atoms with van der Waals surface area (Å²) in [6.45, 7) is 2.23. The molecular weight excluding hydrogens is 257 g/mol. The average Bonchev–Trinajstić information content (AvgIpc) is 2.45. The lowest BCUT2D eigenvalue weighted by molar-refractivity contribution is 0.304. The van der Waals surface area contributed by atoms with E-state index in [1.54, 1.807) is 12.1 Å². The Bertz CT molecular complexity index is 567. The number of ether oxygens (including phenoxy) is 2. The summed E-state index contributed by atoms with van der Waals surface area (Å²) in [5, 5.41) is 0. The Morgan fingerprint density at radius 1 is 1.15 bits per heavy atom. The van der Waals surface area contributed by atoms with Crippen LogP contribution in [0.5, 0.6) is 11.5 Å². The van der Waals surface area contributed by atoms with E-state index in [0.717, 1.165) is 16.9 Å². The molecule has 0 radical (unpaired) electrons. The van der Waals surface area contributed by atoms with Crippen LogP contribution < -0.4 is 15.2 Å². The second-order valence-corrected chi connectivity index (χ2v) is 4.62. The molecule has 3 nitrogen and oxygen atoms in total. The first kappa shape index (κ1) is 14.3. The van der Waals surface area contributed by atoms with Gasteiger partial charge >= 0.3 is 0 Å². The number of rotatable bonds is 5. The third-order valence-corrected chi connectivity index (χ3v) is 3.03. The number of hydrogen-bond donors (Lipinski definition) is 1. The fourth-order valence-corrected chi connectivity index (χ4v) is 1.83. The van der Waals surface area contributed by atoms with Crippen LogP contribution in [0.25, 0.3) is 0 Å². The van der Waals surface area contributed by atoms with E-state index in [1.807, 2.05) is 31.2 Å². The van der Waals surface area contributed by atoms with Gasteiger partial charge in [-0.3, -0.25) is 0 Å². The molecule has 106 valence electrons. The van der Waals surface area contributed by atoms with Gasteiger partial charge in [-0.05, 0) is 42.3 Å². The van der Waals surface area contributed by atoms with Gasteiger partial charge < -0.3 is 15.2 Å². The van der Waals surface area contributed by atoms with Crippen LogP contribution in [-0.2, 0) is 6.61 Å². The first-order chi connectivity index (χ1) is 9.60. The molecule has 2 N–H and O–H groups in total. The zero-order valence-corrected chi connectivity index (χ0v) is 11.6. The molecule has 0 aliphatic heterocycles. The highest BCUT2D eigenvalue weighted by atomic mass is 19.1. The van der Waals surface area contributed by atoms with Gasteiger partial charge in [-0.1, -0.05) is 18.2 Å². The van der Waals surface area contributed by atoms with E-state index >= 15 is 0 Å². The van der Waals surface area contributed by atoms with Crippen LogP contribution >= 0.6 is 0 Å². The summed E-state index contributed by atoms with van der Waals surface area (Å²) in [5.74, 6) is 0.571. The van der Waals surface area contributed by atoms with E-state index in [0.29, 0.717) is 6.61 Å². The van der Waals surface area contributed by atoms with E-state index in [2.05, 4.69) is 0 Å². The van der Waals surface area contributed by atoms with E-state index in [4.69, 9.17) is 15.2 Å². The molecule has 0 aromatic heterocycles. The van der Waals surface area contributed by atoms with Gasteiger partial charge in [0.25, 0.3) is 0 Å². The monoisotopic (exact) mass is 275 g/mol. The van der Waals surface area contributed by atoms with Gasteiger partial charge in [0.1, 0.15) is 12.4 Å². The van der Waals surface area contributed by atoms with Crippen molar-refractivity contribution < 1.29 is 13.9 Å². The third kappa shape index (κ3) is 3.48. The summed E-state index contributed by atoms with van der Waals surface area (Å²) >= 11 is 0. The largest absolute Gasteiger partial charge is 0.494 e. The minimum Gasteiger partial charge on any atom is -0.494 e. The minimum atomic E-state index is -0.388. The lowest BCUT2D eigenvalue weighted by Crippen LogP contribution is -2.04. The number of benzene rings is 2. The Morgan fingerprint density at radius 3 is 2.40 bits per heavy atom. The molecule has 0 saturated carbocycles. The molecule has 4 heteroatoms. The van der Waals surface area contributed by atoms with Crippen LogP contribution in [-0.4, -0.2) is 7.11 Å². The first-order valence-electron chi connectivity index (χ1n) is 6.41. The summed E-state index contributed by atoms with van der Waals surface area (Å²) in [6, 6.07) is 12.3. The van der Waals surface area contributed by atoms with Gasteiger partial charge in [-0.2, -0.15) is 0 Å². The molecule has 0 amide bonds. The quantitative estimate of drug-likeness (QED) is 0.909. The molecule has 20 heavy (non-hydrogen) atoms. The zero-order chi connectivity index (χ0) is 14.5. The highest BCUT2D eigenvalue weighted by molar-refractivity contribution is 5.31. The number of hydrogen-bond acceptors (Lipinski definition) is 3. The normalized spacial score (nSPS) is 12.0. The summed E-state index contributed by atoms with van der Waals surface area (Å²) in [7, 11) is 1.44. The lowest BCUT2D eigenvalue weighted by Gasteiger charge is -2.10. The summed E-state index contributed by atoms with van der Waals surface area (Å²) in [6.07, 6.45) is 0. The molecule has 2 rings (SSSR count). The molecule has 2 aromatic carbocycles. The molecule has 2 aromatic rings. The van der Waals surface area contributed by atoms with E-state index < -0.39 is 0 Å². The Kier molecular flexibility index (Phi) is 4.58. The molecule has 1 atom stereocenters. The number of methoxy groups -OCH3 is 1. The predicted molar refractivity (Wildman–Crippen MR) is 76.3 cm³/mol. The van der Waals surface area contributed by atoms with Crippen molar-refractivity contribution in [2.24, 2.45) is 5.73 Å². The van der Waals surface area contributed by atoms with Crippen LogP contribution in [0.4, 0.5) is 4.39 Å². The first-order valence-corrected chi connectivity index (χ1v) is 6.41. The van der Waals surface area contributed by atoms with Crippen molar-refractivity contribution in [2.75, 3.05) is 7.11 Å². The molecule has 0 aliphatic carbocycles. The fourth-order valence-electron chi connectivity index (χ4n) is 1.83. The lowest BCUT2D eigenvalue weighted by atomic mass is 10.1. The van der Waals surface area contributed by atoms with E-state index in [-0.39, 0.29) is 17.6 Å². The van der Waals surface area contributed by atoms with E-state index in [1.165, 1.54) is 13.2 Å². The highest BCUT2D eigenvalue weighted by Gasteiger charge is 2.04. The molecule has 0 bridgehead atoms. The number of halogens is 1. The fraction of sp³-hybridized carbons (Fsp3) is 0.250. The van der Waals surface area contributed by atoms with Crippen molar-refractivity contribution in [1.29, 1.82) is 0 Å². The van der Waals surface area contributed by atoms with Crippen LogP contribution in [0.2, 0.25) is 0 Å². The Labute approximate surface area is 118 Å². The van der Waals surface area contributed by atoms with Crippen molar-refractivity contribution in [3.8, 4) is 11.5 Å². The molecule has 0 unspecified atom stereocenters. The summed E-state index contributed by atoms with van der Waals surface area (Å²) in [5.41, 5.74) is 7.58. The standard InChI is InChI=1S/C16H18FNO2/c1-11(18)13-4-6-14(7-5-13)20-10-12-3-8-16(19-2)15(17)9-12/h3-9,11H,10,18H2,1-2H3/t11-/m1/s1. The van der Waals surface area contributed by atoms with Crippen molar-refractivity contribution in [2.45, 2.75) is 19.6 Å². The van der Waals surface area contributed by atoms with Crippen LogP contribution in [0, 0.1) is 5.82 Å². The Morgan fingerprint density at radius 2 is 1.85 bits per heavy atom. The zero-order valence-electron chi connectivity index (χ0n) is 11.6. The maximum absolute atomic E-state index is 13.5. The highest BCUT2D eigenvalue weighted by Crippen LogP contribution is 2.20. The van der Waals surface area contributed by atoms with Crippen LogP contribution in [0.3, 0.4) is 0 Å². The molecule has 0 aliphatic rings. The smallest absolute Gasteiger partial charge is 0.165 e. The average molecular weight is 275 g/mol. The molecule has 0 spiro atoms. The maximum Gasteiger partial charge on any atom is 0.165 e. The Hall–Kier alpha value is -2.07. The Balaban J connectivity index is 1.99. The molecule has 0 saturated heterocycles. The summed E-state index contributed by atoms with van der Waals surface area (Å²) in [4.78, 5) is 0. The van der Waals surface area contributed by atoms with Gasteiger partial charge in [-0.15, -0.1) is 0 Å². The van der Waals surface area contributed by atoms with E-state index in [9.17, 15) is 4.39 Å². The van der Waals surface area contributed by atoms with Crippen molar-refractivity contribution >= 4 is 0 Å².